The van der Waals surface area contributed by atoms with Crippen LogP contribution in [0.3, 0.4) is 0 Å². The Morgan fingerprint density at radius 1 is 0.933 bits per heavy atom. The molecule has 2 fully saturated rings. The summed E-state index contributed by atoms with van der Waals surface area (Å²) in [4.78, 5) is 4.83. The first-order valence-electron chi connectivity index (χ1n) is 5.98. The van der Waals surface area contributed by atoms with Crippen molar-refractivity contribution >= 4 is 0 Å². The molecule has 0 bridgehead atoms. The topological polar surface area (TPSA) is 24.9 Å². The summed E-state index contributed by atoms with van der Waals surface area (Å²) in [5.41, 5.74) is 0. The summed E-state index contributed by atoms with van der Waals surface area (Å²) in [5, 5.41) is 0. The van der Waals surface area contributed by atoms with Crippen LogP contribution < -0.4 is 0 Å². The minimum atomic E-state index is 0.600. The van der Waals surface area contributed by atoms with E-state index in [0.29, 0.717) is 12.1 Å². The van der Waals surface area contributed by atoms with Crippen molar-refractivity contribution in [2.45, 2.75) is 38.8 Å². The van der Waals surface area contributed by atoms with E-state index in [9.17, 15) is 0 Å². The van der Waals surface area contributed by atoms with E-state index in [1.54, 1.807) is 0 Å². The van der Waals surface area contributed by atoms with Crippen LogP contribution in [0.5, 0.6) is 0 Å². The first kappa shape index (κ1) is 11.3. The van der Waals surface area contributed by atoms with Crippen LogP contribution in [0, 0.1) is 0 Å². The molecular weight excluding hydrogens is 192 g/mol. The number of ether oxygens (including phenoxy) is 2. The molecule has 2 aliphatic heterocycles. The highest BCUT2D eigenvalue weighted by molar-refractivity contribution is 4.77. The van der Waals surface area contributed by atoms with E-state index in [0.717, 1.165) is 33.3 Å². The van der Waals surface area contributed by atoms with E-state index in [2.05, 4.69) is 23.6 Å². The molecule has 0 aromatic carbocycles. The fraction of sp³-hybridized carbons (Fsp3) is 1.00. The standard InChI is InChI=1S/C11H22N2O2/c1-3-10-5-14-8-12(10)7-13-9-15-6-11(13)4-2/h10-11H,3-9H2,1-2H3/t10-,11?/m0/s1. The fourth-order valence-corrected chi connectivity index (χ4v) is 2.33. The molecule has 0 spiro atoms. The summed E-state index contributed by atoms with van der Waals surface area (Å²) in [7, 11) is 0. The maximum atomic E-state index is 5.50. The van der Waals surface area contributed by atoms with Gasteiger partial charge in [-0.1, -0.05) is 13.8 Å². The van der Waals surface area contributed by atoms with Gasteiger partial charge in [0.05, 0.1) is 19.9 Å². The van der Waals surface area contributed by atoms with Crippen molar-refractivity contribution in [2.24, 2.45) is 0 Å². The van der Waals surface area contributed by atoms with Crippen LogP contribution in [-0.2, 0) is 9.47 Å². The minimum Gasteiger partial charge on any atom is -0.364 e. The van der Waals surface area contributed by atoms with Gasteiger partial charge in [-0.3, -0.25) is 9.80 Å². The second-order valence-corrected chi connectivity index (χ2v) is 4.44. The summed E-state index contributed by atoms with van der Waals surface area (Å²) in [5.74, 6) is 0. The lowest BCUT2D eigenvalue weighted by atomic mass is 10.2. The molecule has 1 unspecified atom stereocenters. The van der Waals surface area contributed by atoms with E-state index in [1.165, 1.54) is 12.8 Å². The zero-order valence-corrected chi connectivity index (χ0v) is 9.82. The van der Waals surface area contributed by atoms with Crippen molar-refractivity contribution in [1.82, 2.24) is 9.80 Å². The van der Waals surface area contributed by atoms with Crippen molar-refractivity contribution in [3.63, 3.8) is 0 Å². The third kappa shape index (κ3) is 2.50. The normalized spacial score (nSPS) is 34.0. The first-order chi connectivity index (χ1) is 7.35. The molecule has 0 aromatic rings. The van der Waals surface area contributed by atoms with E-state index >= 15 is 0 Å². The molecule has 2 atom stereocenters. The van der Waals surface area contributed by atoms with Gasteiger partial charge in [-0.25, -0.2) is 0 Å². The van der Waals surface area contributed by atoms with Crippen molar-refractivity contribution < 1.29 is 9.47 Å². The second kappa shape index (κ2) is 5.25. The van der Waals surface area contributed by atoms with Crippen molar-refractivity contribution in [1.29, 1.82) is 0 Å². The zero-order valence-electron chi connectivity index (χ0n) is 9.82. The molecule has 4 nitrogen and oxygen atoms in total. The Balaban J connectivity index is 1.84. The molecule has 2 heterocycles. The highest BCUT2D eigenvalue weighted by Gasteiger charge is 2.30. The molecule has 0 aromatic heterocycles. The van der Waals surface area contributed by atoms with Gasteiger partial charge in [-0.15, -0.1) is 0 Å². The molecule has 0 saturated carbocycles. The van der Waals surface area contributed by atoms with Gasteiger partial charge in [0.2, 0.25) is 0 Å². The van der Waals surface area contributed by atoms with Crippen LogP contribution in [-0.4, -0.2) is 55.2 Å². The van der Waals surface area contributed by atoms with Crippen molar-refractivity contribution in [2.75, 3.05) is 33.3 Å². The van der Waals surface area contributed by atoms with Gasteiger partial charge in [-0.05, 0) is 12.8 Å². The third-order valence-corrected chi connectivity index (χ3v) is 3.47. The lowest BCUT2D eigenvalue weighted by Crippen LogP contribution is -2.43. The third-order valence-electron chi connectivity index (χ3n) is 3.47. The Labute approximate surface area is 92.1 Å². The Hall–Kier alpha value is -0.160. The summed E-state index contributed by atoms with van der Waals surface area (Å²) >= 11 is 0. The number of hydrogen-bond acceptors (Lipinski definition) is 4. The second-order valence-electron chi connectivity index (χ2n) is 4.44. The van der Waals surface area contributed by atoms with Crippen LogP contribution in [0.15, 0.2) is 0 Å². The maximum absolute atomic E-state index is 5.50. The van der Waals surface area contributed by atoms with Crippen molar-refractivity contribution in [3.8, 4) is 0 Å². The smallest absolute Gasteiger partial charge is 0.100 e. The van der Waals surface area contributed by atoms with E-state index in [4.69, 9.17) is 9.47 Å². The van der Waals surface area contributed by atoms with Crippen LogP contribution >= 0.6 is 0 Å². The van der Waals surface area contributed by atoms with Crippen LogP contribution in [0.1, 0.15) is 26.7 Å². The highest BCUT2D eigenvalue weighted by atomic mass is 16.5. The lowest BCUT2D eigenvalue weighted by molar-refractivity contribution is 0.0525. The molecule has 0 aliphatic carbocycles. The van der Waals surface area contributed by atoms with Crippen LogP contribution in [0.2, 0.25) is 0 Å². The quantitative estimate of drug-likeness (QED) is 0.699. The van der Waals surface area contributed by atoms with Gasteiger partial charge < -0.3 is 9.47 Å². The molecule has 15 heavy (non-hydrogen) atoms. The summed E-state index contributed by atoms with van der Waals surface area (Å²) in [6, 6.07) is 1.20. The van der Waals surface area contributed by atoms with Gasteiger partial charge >= 0.3 is 0 Å². The summed E-state index contributed by atoms with van der Waals surface area (Å²) < 4.78 is 11.0. The van der Waals surface area contributed by atoms with Crippen molar-refractivity contribution in [3.05, 3.63) is 0 Å². The van der Waals surface area contributed by atoms with Gasteiger partial charge in [0.15, 0.2) is 0 Å². The Kier molecular flexibility index (Phi) is 3.97. The molecule has 4 heteroatoms. The molecule has 0 amide bonds. The number of hydrogen-bond donors (Lipinski definition) is 0. The minimum absolute atomic E-state index is 0.600. The molecular formula is C11H22N2O2. The Bertz CT molecular complexity index is 181. The van der Waals surface area contributed by atoms with Gasteiger partial charge in [0, 0.05) is 12.1 Å². The van der Waals surface area contributed by atoms with Crippen LogP contribution in [0.25, 0.3) is 0 Å². The average Bonchev–Trinajstić information content (AvgIpc) is 2.87. The molecule has 0 radical (unpaired) electrons. The number of rotatable bonds is 4. The monoisotopic (exact) mass is 214 g/mol. The van der Waals surface area contributed by atoms with E-state index in [-0.39, 0.29) is 0 Å². The van der Waals surface area contributed by atoms with E-state index in [1.807, 2.05) is 0 Å². The fourth-order valence-electron chi connectivity index (χ4n) is 2.33. The summed E-state index contributed by atoms with van der Waals surface area (Å²) in [6.07, 6.45) is 2.34. The SMILES string of the molecule is CCC1COCN1CN1COC[C@@H]1CC. The molecule has 88 valence electrons. The lowest BCUT2D eigenvalue weighted by Gasteiger charge is -2.29. The highest BCUT2D eigenvalue weighted by Crippen LogP contribution is 2.18. The predicted octanol–water partition coefficient (Wildman–Crippen LogP) is 1.08. The molecule has 2 rings (SSSR count). The molecule has 2 aliphatic rings. The van der Waals surface area contributed by atoms with Gasteiger partial charge in [-0.2, -0.15) is 0 Å². The molecule has 2 saturated heterocycles. The zero-order chi connectivity index (χ0) is 10.7. The molecule has 0 N–H and O–H groups in total. The maximum Gasteiger partial charge on any atom is 0.100 e. The van der Waals surface area contributed by atoms with Gasteiger partial charge in [0.25, 0.3) is 0 Å². The Morgan fingerprint density at radius 2 is 1.40 bits per heavy atom. The average molecular weight is 214 g/mol. The number of nitrogens with zero attached hydrogens (tertiary/aromatic N) is 2. The predicted molar refractivity (Wildman–Crippen MR) is 58.3 cm³/mol. The summed E-state index contributed by atoms with van der Waals surface area (Å²) in [6.45, 7) is 8.80. The van der Waals surface area contributed by atoms with Crippen LogP contribution in [0.4, 0.5) is 0 Å². The first-order valence-corrected chi connectivity index (χ1v) is 5.98. The largest absolute Gasteiger partial charge is 0.364 e. The van der Waals surface area contributed by atoms with Gasteiger partial charge in [0.1, 0.15) is 13.5 Å². The Morgan fingerprint density at radius 3 is 1.80 bits per heavy atom. The van der Waals surface area contributed by atoms with E-state index < -0.39 is 0 Å².